The molecule has 1 aliphatic heterocycles. The number of anilines is 2. The quantitative estimate of drug-likeness (QED) is 0.120. The average molecular weight is 627 g/mol. The lowest BCUT2D eigenvalue weighted by atomic mass is 10.0. The van der Waals surface area contributed by atoms with Crippen molar-refractivity contribution in [2.24, 2.45) is 5.73 Å². The Morgan fingerprint density at radius 2 is 1.66 bits per heavy atom. The molecule has 0 radical (unpaired) electrons. The number of rotatable bonds is 8. The Balaban J connectivity index is 0.00000190. The van der Waals surface area contributed by atoms with Gasteiger partial charge in [0.25, 0.3) is 0 Å². The first kappa shape index (κ1) is 31.4. The Morgan fingerprint density at radius 3 is 2.38 bits per heavy atom. The molecule has 0 amide bonds. The van der Waals surface area contributed by atoms with E-state index in [0.717, 1.165) is 66.1 Å². The maximum Gasteiger partial charge on any atom is 0.165 e. The van der Waals surface area contributed by atoms with Crippen LogP contribution in [0.15, 0.2) is 103 Å². The summed E-state index contributed by atoms with van der Waals surface area (Å²) in [5, 5.41) is 13.8. The number of nitrogens with one attached hydrogen (secondary N) is 1. The highest BCUT2D eigenvalue weighted by molar-refractivity contribution is 5.85. The van der Waals surface area contributed by atoms with Crippen LogP contribution in [-0.2, 0) is 6.54 Å². The Labute approximate surface area is 273 Å². The number of aldehydes is 1. The van der Waals surface area contributed by atoms with Crippen LogP contribution in [0.1, 0.15) is 28.8 Å². The van der Waals surface area contributed by atoms with Gasteiger partial charge >= 0.3 is 0 Å². The molecule has 47 heavy (non-hydrogen) atoms. The third kappa shape index (κ3) is 6.69. The number of hydrogen-bond donors (Lipinski definition) is 4. The molecule has 10 nitrogen and oxygen atoms in total. The number of likely N-dealkylation sites (tertiary alicyclic amines) is 1. The van der Waals surface area contributed by atoms with E-state index in [0.29, 0.717) is 29.2 Å². The van der Waals surface area contributed by atoms with E-state index in [9.17, 15) is 9.90 Å². The number of nitrogens with zero attached hydrogens (tertiary/aromatic N) is 5. The molecule has 0 bridgehead atoms. The first-order valence-corrected chi connectivity index (χ1v) is 15.7. The fourth-order valence-corrected chi connectivity index (χ4v) is 6.00. The van der Waals surface area contributed by atoms with Crippen LogP contribution in [0.5, 0.6) is 5.75 Å². The van der Waals surface area contributed by atoms with E-state index in [2.05, 4.69) is 61.9 Å². The number of para-hydroxylation sites is 1. The van der Waals surface area contributed by atoms with Crippen molar-refractivity contribution in [3.05, 3.63) is 114 Å². The van der Waals surface area contributed by atoms with Crippen LogP contribution in [0.25, 0.3) is 39.5 Å². The van der Waals surface area contributed by atoms with Crippen LogP contribution in [-0.4, -0.2) is 62.0 Å². The van der Waals surface area contributed by atoms with Crippen molar-refractivity contribution in [1.82, 2.24) is 24.4 Å². The standard InChI is InChI=1S/C36H33N7O2.CH5N/c37-34-29(9-5-19-38-34)35-41-32-16-15-30(25-6-2-1-3-7-25)40-36(32)43(35)28-13-11-24(12-14-28)22-42-20-17-27(18-21-42)39-31-10-4-8-26(23-44)33(31)45;1-2/h1-16,19,23,27,39,45H,17-18,20-22H2,(H2,37,38);2H2,1H3. The van der Waals surface area contributed by atoms with Crippen LogP contribution in [0.4, 0.5) is 11.5 Å². The monoisotopic (exact) mass is 626 g/mol. The van der Waals surface area contributed by atoms with Gasteiger partial charge in [-0.3, -0.25) is 14.3 Å². The van der Waals surface area contributed by atoms with Gasteiger partial charge in [0.05, 0.1) is 22.5 Å². The van der Waals surface area contributed by atoms with Gasteiger partial charge in [-0.2, -0.15) is 0 Å². The zero-order valence-electron chi connectivity index (χ0n) is 26.3. The van der Waals surface area contributed by atoms with E-state index < -0.39 is 0 Å². The number of nitrogen functional groups attached to an aromatic ring is 1. The summed E-state index contributed by atoms with van der Waals surface area (Å²) in [6.45, 7) is 2.69. The number of aromatic hydroxyl groups is 1. The minimum Gasteiger partial charge on any atom is -0.505 e. The molecule has 3 aromatic carbocycles. The summed E-state index contributed by atoms with van der Waals surface area (Å²) in [5.74, 6) is 1.13. The summed E-state index contributed by atoms with van der Waals surface area (Å²) >= 11 is 0. The summed E-state index contributed by atoms with van der Waals surface area (Å²) in [7, 11) is 1.50. The lowest BCUT2D eigenvalue weighted by molar-refractivity contribution is 0.112. The molecule has 3 aromatic heterocycles. The molecule has 1 fully saturated rings. The average Bonchev–Trinajstić information content (AvgIpc) is 3.50. The van der Waals surface area contributed by atoms with Gasteiger partial charge in [0, 0.05) is 43.1 Å². The van der Waals surface area contributed by atoms with E-state index >= 15 is 0 Å². The lowest BCUT2D eigenvalue weighted by Gasteiger charge is -2.33. The highest BCUT2D eigenvalue weighted by atomic mass is 16.3. The molecule has 0 unspecified atom stereocenters. The molecular formula is C37H38N8O2. The number of pyridine rings is 2. The zero-order chi connectivity index (χ0) is 32.8. The predicted octanol–water partition coefficient (Wildman–Crippen LogP) is 5.90. The molecule has 0 aliphatic carbocycles. The molecule has 10 heteroatoms. The Kier molecular flexibility index (Phi) is 9.51. The molecular weight excluding hydrogens is 588 g/mol. The summed E-state index contributed by atoms with van der Waals surface area (Å²) < 4.78 is 2.06. The van der Waals surface area contributed by atoms with Gasteiger partial charge in [0.2, 0.25) is 0 Å². The minimum atomic E-state index is 0.0153. The maximum atomic E-state index is 11.2. The van der Waals surface area contributed by atoms with Crippen LogP contribution >= 0.6 is 0 Å². The second-order valence-electron chi connectivity index (χ2n) is 11.3. The number of imidazole rings is 1. The van der Waals surface area contributed by atoms with E-state index in [4.69, 9.17) is 15.7 Å². The number of aromatic nitrogens is 4. The van der Waals surface area contributed by atoms with Gasteiger partial charge in [-0.25, -0.2) is 15.0 Å². The lowest BCUT2D eigenvalue weighted by Crippen LogP contribution is -2.38. The van der Waals surface area contributed by atoms with Gasteiger partial charge in [0.15, 0.2) is 17.8 Å². The Bertz CT molecular complexity index is 1970. The molecule has 0 spiro atoms. The highest BCUT2D eigenvalue weighted by Gasteiger charge is 2.22. The summed E-state index contributed by atoms with van der Waals surface area (Å²) in [5.41, 5.74) is 18.1. The van der Waals surface area contributed by atoms with Crippen LogP contribution in [0.3, 0.4) is 0 Å². The molecule has 0 atom stereocenters. The first-order chi connectivity index (χ1) is 23.1. The van der Waals surface area contributed by atoms with E-state index in [1.807, 2.05) is 48.5 Å². The van der Waals surface area contributed by atoms with Crippen molar-refractivity contribution in [2.75, 3.05) is 31.2 Å². The molecule has 238 valence electrons. The zero-order valence-corrected chi connectivity index (χ0v) is 26.3. The number of hydrogen-bond acceptors (Lipinski definition) is 9. The number of nitrogens with two attached hydrogens (primary N) is 2. The fraction of sp³-hybridized carbons (Fsp3) is 0.189. The van der Waals surface area contributed by atoms with Crippen molar-refractivity contribution in [1.29, 1.82) is 0 Å². The Morgan fingerprint density at radius 1 is 0.894 bits per heavy atom. The van der Waals surface area contributed by atoms with Gasteiger partial charge in [0.1, 0.15) is 17.1 Å². The summed E-state index contributed by atoms with van der Waals surface area (Å²) in [4.78, 5) is 28.0. The second kappa shape index (κ2) is 14.2. The Hall–Kier alpha value is -5.58. The number of carbonyl (C=O) groups excluding carboxylic acids is 1. The van der Waals surface area contributed by atoms with Gasteiger partial charge < -0.3 is 21.9 Å². The fourth-order valence-electron chi connectivity index (χ4n) is 6.00. The van der Waals surface area contributed by atoms with Crippen LogP contribution < -0.4 is 16.8 Å². The van der Waals surface area contributed by atoms with E-state index in [-0.39, 0.29) is 11.8 Å². The van der Waals surface area contributed by atoms with Crippen molar-refractivity contribution >= 4 is 29.0 Å². The van der Waals surface area contributed by atoms with Crippen molar-refractivity contribution in [3.8, 4) is 34.1 Å². The smallest absolute Gasteiger partial charge is 0.165 e. The molecule has 0 saturated carbocycles. The van der Waals surface area contributed by atoms with Crippen LogP contribution in [0.2, 0.25) is 0 Å². The molecule has 1 aliphatic rings. The molecule has 1 saturated heterocycles. The molecule has 4 heterocycles. The van der Waals surface area contributed by atoms with Crippen LogP contribution in [0, 0.1) is 0 Å². The topological polar surface area (TPSA) is 148 Å². The second-order valence-corrected chi connectivity index (χ2v) is 11.3. The normalized spacial score (nSPS) is 13.6. The predicted molar refractivity (Wildman–Crippen MR) is 187 cm³/mol. The van der Waals surface area contributed by atoms with Gasteiger partial charge in [-0.15, -0.1) is 0 Å². The van der Waals surface area contributed by atoms with E-state index in [1.165, 1.54) is 12.6 Å². The van der Waals surface area contributed by atoms with Crippen molar-refractivity contribution in [2.45, 2.75) is 25.4 Å². The summed E-state index contributed by atoms with van der Waals surface area (Å²) in [6, 6.07) is 31.9. The number of fused-ring (bicyclic) bond motifs is 1. The third-order valence-electron chi connectivity index (χ3n) is 8.40. The van der Waals surface area contributed by atoms with E-state index in [1.54, 1.807) is 18.3 Å². The summed E-state index contributed by atoms with van der Waals surface area (Å²) in [6.07, 6.45) is 4.24. The molecule has 7 rings (SSSR count). The van der Waals surface area contributed by atoms with Crippen molar-refractivity contribution < 1.29 is 9.90 Å². The first-order valence-electron chi connectivity index (χ1n) is 15.7. The minimum absolute atomic E-state index is 0.0153. The van der Waals surface area contributed by atoms with Crippen molar-refractivity contribution in [3.63, 3.8) is 0 Å². The highest BCUT2D eigenvalue weighted by Crippen LogP contribution is 2.32. The number of phenols is 1. The maximum absolute atomic E-state index is 11.2. The largest absolute Gasteiger partial charge is 0.505 e. The SMILES string of the molecule is CN.Nc1ncccc1-c1nc2ccc(-c3ccccc3)nc2n1-c1ccc(CN2CCC(Nc3cccc(C=O)c3O)CC2)cc1. The van der Waals surface area contributed by atoms with Gasteiger partial charge in [-0.1, -0.05) is 48.5 Å². The molecule has 6 N–H and O–H groups in total. The number of benzene rings is 3. The number of carbonyl (C=O) groups is 1. The van der Waals surface area contributed by atoms with Gasteiger partial charge in [-0.05, 0) is 74.0 Å². The third-order valence-corrected chi connectivity index (χ3v) is 8.40. The molecule has 6 aromatic rings. The number of piperidine rings is 1. The number of phenolic OH excluding ortho intramolecular Hbond substituents is 1.